The van der Waals surface area contributed by atoms with Crippen LogP contribution in [0.15, 0.2) is 39.6 Å². The van der Waals surface area contributed by atoms with Gasteiger partial charge in [0.15, 0.2) is 5.76 Å². The number of ether oxygens (including phenoxy) is 1. The summed E-state index contributed by atoms with van der Waals surface area (Å²) in [5.74, 6) is 0.570. The van der Waals surface area contributed by atoms with E-state index in [-0.39, 0.29) is 22.3 Å². The standard InChI is InChI=1S/C20H25ClN2O5S/c1-15-19(29(25,26)23-10-3-4-11-23)14-18(28-15)20(24)22(2)9-6-12-27-17-8-5-7-16(21)13-17/h5,7-8,13-14H,3-4,6,9-12H2,1-2H3. The Bertz CT molecular complexity index is 967. The summed E-state index contributed by atoms with van der Waals surface area (Å²) in [4.78, 5) is 14.2. The van der Waals surface area contributed by atoms with Crippen LogP contribution < -0.4 is 4.74 Å². The number of carbonyl (C=O) groups excluding carboxylic acids is 1. The van der Waals surface area contributed by atoms with Gasteiger partial charge in [0, 0.05) is 37.8 Å². The van der Waals surface area contributed by atoms with Crippen LogP contribution in [0.3, 0.4) is 0 Å². The second-order valence-electron chi connectivity index (χ2n) is 7.03. The maximum absolute atomic E-state index is 12.7. The summed E-state index contributed by atoms with van der Waals surface area (Å²) in [7, 11) is -1.98. The van der Waals surface area contributed by atoms with Gasteiger partial charge in [-0.15, -0.1) is 0 Å². The molecule has 3 rings (SSSR count). The van der Waals surface area contributed by atoms with Gasteiger partial charge in [-0.05, 0) is 44.4 Å². The molecule has 1 fully saturated rings. The number of hydrogen-bond acceptors (Lipinski definition) is 5. The van der Waals surface area contributed by atoms with Crippen LogP contribution in [0.5, 0.6) is 5.75 Å². The number of benzene rings is 1. The smallest absolute Gasteiger partial charge is 0.289 e. The molecule has 7 nitrogen and oxygen atoms in total. The third-order valence-electron chi connectivity index (χ3n) is 4.82. The van der Waals surface area contributed by atoms with Gasteiger partial charge in [-0.1, -0.05) is 17.7 Å². The lowest BCUT2D eigenvalue weighted by Crippen LogP contribution is -2.29. The largest absolute Gasteiger partial charge is 0.493 e. The Labute approximate surface area is 176 Å². The molecule has 2 heterocycles. The van der Waals surface area contributed by atoms with E-state index in [1.807, 2.05) is 6.07 Å². The highest BCUT2D eigenvalue weighted by Crippen LogP contribution is 2.27. The van der Waals surface area contributed by atoms with Crippen molar-refractivity contribution in [3.05, 3.63) is 46.9 Å². The molecule has 0 spiro atoms. The summed E-state index contributed by atoms with van der Waals surface area (Å²) >= 11 is 5.92. The molecule has 0 bridgehead atoms. The van der Waals surface area contributed by atoms with Crippen LogP contribution in [0.1, 0.15) is 35.6 Å². The molecule has 0 N–H and O–H groups in total. The molecule has 1 aliphatic heterocycles. The van der Waals surface area contributed by atoms with Gasteiger partial charge in [-0.2, -0.15) is 4.31 Å². The highest BCUT2D eigenvalue weighted by molar-refractivity contribution is 7.89. The minimum atomic E-state index is -3.62. The maximum Gasteiger partial charge on any atom is 0.289 e. The summed E-state index contributed by atoms with van der Waals surface area (Å²) in [6, 6.07) is 8.45. The van der Waals surface area contributed by atoms with E-state index in [4.69, 9.17) is 20.8 Å². The fraction of sp³-hybridized carbons (Fsp3) is 0.450. The topological polar surface area (TPSA) is 80.1 Å². The van der Waals surface area contributed by atoms with E-state index >= 15 is 0 Å². The van der Waals surface area contributed by atoms with Crippen LogP contribution in [0, 0.1) is 6.92 Å². The fourth-order valence-electron chi connectivity index (χ4n) is 3.23. The molecule has 9 heteroatoms. The maximum atomic E-state index is 12.7. The number of amides is 1. The average molecular weight is 441 g/mol. The molecule has 29 heavy (non-hydrogen) atoms. The second-order valence-corrected chi connectivity index (χ2v) is 9.37. The summed E-state index contributed by atoms with van der Waals surface area (Å²) in [6.07, 6.45) is 2.30. The molecule has 0 atom stereocenters. The molecular formula is C20H25ClN2O5S. The predicted octanol–water partition coefficient (Wildman–Crippen LogP) is 3.57. The lowest BCUT2D eigenvalue weighted by atomic mass is 10.3. The van der Waals surface area contributed by atoms with E-state index < -0.39 is 10.0 Å². The van der Waals surface area contributed by atoms with Gasteiger partial charge in [0.05, 0.1) is 6.61 Å². The van der Waals surface area contributed by atoms with Crippen molar-refractivity contribution in [1.29, 1.82) is 0 Å². The van der Waals surface area contributed by atoms with E-state index in [9.17, 15) is 13.2 Å². The molecular weight excluding hydrogens is 416 g/mol. The Morgan fingerprint density at radius 1 is 1.28 bits per heavy atom. The number of furan rings is 1. The first-order valence-corrected chi connectivity index (χ1v) is 11.4. The van der Waals surface area contributed by atoms with Crippen molar-refractivity contribution in [2.75, 3.05) is 33.3 Å². The van der Waals surface area contributed by atoms with Crippen molar-refractivity contribution >= 4 is 27.5 Å². The lowest BCUT2D eigenvalue weighted by molar-refractivity contribution is 0.0755. The van der Waals surface area contributed by atoms with Crippen LogP contribution in [-0.4, -0.2) is 56.8 Å². The van der Waals surface area contributed by atoms with E-state index in [1.165, 1.54) is 15.3 Å². The Morgan fingerprint density at radius 2 is 2.00 bits per heavy atom. The van der Waals surface area contributed by atoms with E-state index in [1.54, 1.807) is 32.2 Å². The Balaban J connectivity index is 1.57. The van der Waals surface area contributed by atoms with E-state index in [0.717, 1.165) is 12.8 Å². The highest BCUT2D eigenvalue weighted by Gasteiger charge is 2.32. The first-order valence-electron chi connectivity index (χ1n) is 9.53. The van der Waals surface area contributed by atoms with Crippen LogP contribution in [-0.2, 0) is 10.0 Å². The molecule has 0 aliphatic carbocycles. The minimum absolute atomic E-state index is 0.0264. The van der Waals surface area contributed by atoms with Gasteiger partial charge in [0.1, 0.15) is 16.4 Å². The monoisotopic (exact) mass is 440 g/mol. The van der Waals surface area contributed by atoms with Crippen molar-refractivity contribution in [3.8, 4) is 5.75 Å². The highest BCUT2D eigenvalue weighted by atomic mass is 35.5. The molecule has 1 amide bonds. The van der Waals surface area contributed by atoms with Crippen molar-refractivity contribution in [1.82, 2.24) is 9.21 Å². The number of sulfonamides is 1. The molecule has 0 saturated carbocycles. The first kappa shape index (κ1) is 21.7. The van der Waals surface area contributed by atoms with E-state index in [2.05, 4.69) is 0 Å². The van der Waals surface area contributed by atoms with Gasteiger partial charge in [-0.3, -0.25) is 4.79 Å². The molecule has 0 unspecified atom stereocenters. The number of halogens is 1. The molecule has 1 aliphatic rings. The summed E-state index contributed by atoms with van der Waals surface area (Å²) in [5.41, 5.74) is 0. The van der Waals surface area contributed by atoms with Gasteiger partial charge in [-0.25, -0.2) is 8.42 Å². The van der Waals surface area contributed by atoms with Crippen LogP contribution >= 0.6 is 11.6 Å². The first-order chi connectivity index (χ1) is 13.8. The number of hydrogen-bond donors (Lipinski definition) is 0. The molecule has 0 radical (unpaired) electrons. The summed E-state index contributed by atoms with van der Waals surface area (Å²) in [6.45, 7) is 3.43. The van der Waals surface area contributed by atoms with Crippen molar-refractivity contribution in [2.24, 2.45) is 0 Å². The predicted molar refractivity (Wildman–Crippen MR) is 110 cm³/mol. The normalized spacial score (nSPS) is 14.9. The fourth-order valence-corrected chi connectivity index (χ4v) is 5.09. The summed E-state index contributed by atoms with van der Waals surface area (Å²) in [5, 5.41) is 0.600. The second kappa shape index (κ2) is 9.19. The molecule has 1 aromatic heterocycles. The van der Waals surface area contributed by atoms with Crippen LogP contribution in [0.4, 0.5) is 0 Å². The van der Waals surface area contributed by atoms with Crippen molar-refractivity contribution in [2.45, 2.75) is 31.1 Å². The van der Waals surface area contributed by atoms with Gasteiger partial charge in [0.2, 0.25) is 10.0 Å². The lowest BCUT2D eigenvalue weighted by Gasteiger charge is -2.16. The van der Waals surface area contributed by atoms with Crippen LogP contribution in [0.25, 0.3) is 0 Å². The molecule has 1 saturated heterocycles. The number of rotatable bonds is 8. The Hall–Kier alpha value is -2.03. The number of aryl methyl sites for hydroxylation is 1. The number of carbonyl (C=O) groups is 1. The Morgan fingerprint density at radius 3 is 2.69 bits per heavy atom. The molecule has 2 aromatic rings. The van der Waals surface area contributed by atoms with Crippen LogP contribution in [0.2, 0.25) is 5.02 Å². The van der Waals surface area contributed by atoms with Crippen molar-refractivity contribution in [3.63, 3.8) is 0 Å². The SMILES string of the molecule is Cc1oc(C(=O)N(C)CCCOc2cccc(Cl)c2)cc1S(=O)(=O)N1CCCC1. The molecule has 158 valence electrons. The zero-order valence-corrected chi connectivity index (χ0v) is 18.1. The van der Waals surface area contributed by atoms with Gasteiger partial charge >= 0.3 is 0 Å². The zero-order valence-electron chi connectivity index (χ0n) is 16.6. The quantitative estimate of drug-likeness (QED) is 0.586. The third-order valence-corrected chi connectivity index (χ3v) is 7.06. The van der Waals surface area contributed by atoms with Gasteiger partial charge in [0.25, 0.3) is 5.91 Å². The average Bonchev–Trinajstić information content (AvgIpc) is 3.35. The summed E-state index contributed by atoms with van der Waals surface area (Å²) < 4.78 is 38.0. The van der Waals surface area contributed by atoms with E-state index in [0.29, 0.717) is 43.4 Å². The van der Waals surface area contributed by atoms with Crippen molar-refractivity contribution < 1.29 is 22.4 Å². The number of nitrogens with zero attached hydrogens (tertiary/aromatic N) is 2. The zero-order chi connectivity index (χ0) is 21.0. The van der Waals surface area contributed by atoms with Gasteiger partial charge < -0.3 is 14.1 Å². The third kappa shape index (κ3) is 5.12. The minimum Gasteiger partial charge on any atom is -0.493 e. The molecule has 1 aromatic carbocycles. The Kier molecular flexibility index (Phi) is 6.87.